The third-order valence-electron chi connectivity index (χ3n) is 2.68. The van der Waals surface area contributed by atoms with Crippen LogP contribution in [-0.4, -0.2) is 10.8 Å². The van der Waals surface area contributed by atoms with Gasteiger partial charge in [0.05, 0.1) is 10.5 Å². The van der Waals surface area contributed by atoms with Crippen molar-refractivity contribution in [1.82, 2.24) is 0 Å². The van der Waals surface area contributed by atoms with Gasteiger partial charge in [-0.3, -0.25) is 14.9 Å². The van der Waals surface area contributed by atoms with E-state index < -0.39 is 16.6 Å². The van der Waals surface area contributed by atoms with Crippen molar-refractivity contribution in [3.63, 3.8) is 0 Å². The number of hydrogen-bond acceptors (Lipinski definition) is 3. The molecule has 20 heavy (non-hydrogen) atoms. The van der Waals surface area contributed by atoms with Gasteiger partial charge in [0.2, 0.25) is 0 Å². The van der Waals surface area contributed by atoms with E-state index in [1.165, 1.54) is 0 Å². The molecule has 0 aliphatic rings. The van der Waals surface area contributed by atoms with Gasteiger partial charge >= 0.3 is 0 Å². The van der Waals surface area contributed by atoms with Gasteiger partial charge in [0.25, 0.3) is 11.6 Å². The normalized spacial score (nSPS) is 10.1. The molecule has 0 unspecified atom stereocenters. The minimum absolute atomic E-state index is 0.333. The first-order valence-electron chi connectivity index (χ1n) is 5.79. The van der Waals surface area contributed by atoms with Crippen molar-refractivity contribution in [2.75, 3.05) is 5.32 Å². The fourth-order valence-electron chi connectivity index (χ4n) is 1.72. The van der Waals surface area contributed by atoms with E-state index in [4.69, 9.17) is 0 Å². The molecule has 5 nitrogen and oxygen atoms in total. The Hall–Kier alpha value is -2.76. The molecule has 1 N–H and O–H groups in total. The van der Waals surface area contributed by atoms with E-state index in [1.54, 1.807) is 18.2 Å². The van der Waals surface area contributed by atoms with Crippen molar-refractivity contribution in [2.24, 2.45) is 0 Å². The fraction of sp³-hybridized carbons (Fsp3) is 0.0714. The summed E-state index contributed by atoms with van der Waals surface area (Å²) in [5.74, 6) is -1.53. The van der Waals surface area contributed by atoms with Gasteiger partial charge in [-0.2, -0.15) is 0 Å². The summed E-state index contributed by atoms with van der Waals surface area (Å²) in [5, 5.41) is 13.1. The number of anilines is 1. The molecule has 0 radical (unpaired) electrons. The number of nitrogens with one attached hydrogen (secondary N) is 1. The molecule has 6 heteroatoms. The van der Waals surface area contributed by atoms with Crippen LogP contribution in [0.5, 0.6) is 0 Å². The number of aryl methyl sites for hydroxylation is 1. The van der Waals surface area contributed by atoms with Crippen LogP contribution in [0.3, 0.4) is 0 Å². The molecule has 102 valence electrons. The second kappa shape index (κ2) is 5.48. The maximum Gasteiger partial charge on any atom is 0.270 e. The van der Waals surface area contributed by atoms with Crippen LogP contribution in [0.1, 0.15) is 15.9 Å². The maximum atomic E-state index is 13.6. The zero-order valence-corrected chi connectivity index (χ0v) is 10.6. The molecule has 2 aromatic rings. The van der Waals surface area contributed by atoms with Gasteiger partial charge in [-0.25, -0.2) is 4.39 Å². The molecule has 0 aromatic heterocycles. The molecule has 0 aliphatic carbocycles. The van der Waals surface area contributed by atoms with E-state index in [-0.39, 0.29) is 11.3 Å². The highest BCUT2D eigenvalue weighted by atomic mass is 19.1. The highest BCUT2D eigenvalue weighted by Crippen LogP contribution is 2.18. The summed E-state index contributed by atoms with van der Waals surface area (Å²) < 4.78 is 13.6. The molecule has 0 aliphatic heterocycles. The minimum Gasteiger partial charge on any atom is -0.322 e. The van der Waals surface area contributed by atoms with Crippen molar-refractivity contribution >= 4 is 17.3 Å². The van der Waals surface area contributed by atoms with Crippen LogP contribution in [-0.2, 0) is 0 Å². The number of benzene rings is 2. The van der Waals surface area contributed by atoms with E-state index in [2.05, 4.69) is 5.32 Å². The van der Waals surface area contributed by atoms with E-state index in [0.717, 1.165) is 23.8 Å². The topological polar surface area (TPSA) is 72.2 Å². The lowest BCUT2D eigenvalue weighted by Crippen LogP contribution is -2.14. The molecular formula is C14H11FN2O3. The number of non-ortho nitro benzene ring substituents is 1. The third-order valence-corrected chi connectivity index (χ3v) is 2.68. The Kier molecular flexibility index (Phi) is 3.74. The van der Waals surface area contributed by atoms with Crippen LogP contribution in [0.15, 0.2) is 42.5 Å². The molecule has 0 atom stereocenters. The summed E-state index contributed by atoms with van der Waals surface area (Å²) in [6, 6.07) is 9.80. The van der Waals surface area contributed by atoms with E-state index >= 15 is 0 Å². The fourth-order valence-corrected chi connectivity index (χ4v) is 1.72. The molecule has 0 heterocycles. The highest BCUT2D eigenvalue weighted by molar-refractivity contribution is 6.04. The zero-order chi connectivity index (χ0) is 14.7. The predicted molar refractivity (Wildman–Crippen MR) is 72.2 cm³/mol. The molecule has 0 bridgehead atoms. The Bertz CT molecular complexity index is 686. The number of carbonyl (C=O) groups is 1. The summed E-state index contributed by atoms with van der Waals surface area (Å²) in [6.45, 7) is 1.85. The van der Waals surface area contributed by atoms with E-state index in [0.29, 0.717) is 5.69 Å². The first kappa shape index (κ1) is 13.7. The number of halogens is 1. The number of amides is 1. The van der Waals surface area contributed by atoms with Gasteiger partial charge in [-0.1, -0.05) is 12.1 Å². The second-order valence-corrected chi connectivity index (χ2v) is 4.24. The summed E-state index contributed by atoms with van der Waals surface area (Å²) >= 11 is 0. The van der Waals surface area contributed by atoms with Crippen molar-refractivity contribution in [2.45, 2.75) is 6.92 Å². The van der Waals surface area contributed by atoms with Gasteiger partial charge in [0.1, 0.15) is 5.82 Å². The first-order chi connectivity index (χ1) is 9.47. The van der Waals surface area contributed by atoms with E-state index in [1.807, 2.05) is 13.0 Å². The van der Waals surface area contributed by atoms with Gasteiger partial charge in [-0.05, 0) is 30.7 Å². The van der Waals surface area contributed by atoms with Crippen LogP contribution >= 0.6 is 0 Å². The number of nitro benzene ring substituents is 1. The largest absolute Gasteiger partial charge is 0.322 e. The molecule has 0 fully saturated rings. The summed E-state index contributed by atoms with van der Waals surface area (Å²) in [4.78, 5) is 21.9. The SMILES string of the molecule is Cc1cccc(NC(=O)c2cc([N+](=O)[O-])ccc2F)c1. The molecule has 0 saturated carbocycles. The number of rotatable bonds is 3. The molecule has 0 saturated heterocycles. The van der Waals surface area contributed by atoms with Crippen LogP contribution < -0.4 is 5.32 Å². The molecular weight excluding hydrogens is 263 g/mol. The Balaban J connectivity index is 2.29. The number of carbonyl (C=O) groups excluding carboxylic acids is 1. The Morgan fingerprint density at radius 1 is 1.25 bits per heavy atom. The smallest absolute Gasteiger partial charge is 0.270 e. The quantitative estimate of drug-likeness (QED) is 0.689. The number of nitro groups is 1. The summed E-state index contributed by atoms with van der Waals surface area (Å²) in [7, 11) is 0. The van der Waals surface area contributed by atoms with Gasteiger partial charge in [0, 0.05) is 17.8 Å². The molecule has 1 amide bonds. The van der Waals surface area contributed by atoms with Gasteiger partial charge < -0.3 is 5.32 Å². The summed E-state index contributed by atoms with van der Waals surface area (Å²) in [5.41, 5.74) is 0.740. The van der Waals surface area contributed by atoms with Gasteiger partial charge in [0.15, 0.2) is 0 Å². The molecule has 0 spiro atoms. The third kappa shape index (κ3) is 2.97. The highest BCUT2D eigenvalue weighted by Gasteiger charge is 2.17. The average Bonchev–Trinajstić information content (AvgIpc) is 2.38. The maximum absolute atomic E-state index is 13.6. The Labute approximate surface area is 114 Å². The number of hydrogen-bond donors (Lipinski definition) is 1. The first-order valence-corrected chi connectivity index (χ1v) is 5.79. The van der Waals surface area contributed by atoms with Crippen molar-refractivity contribution in [3.8, 4) is 0 Å². The standard InChI is InChI=1S/C14H11FN2O3/c1-9-3-2-4-10(7-9)16-14(18)12-8-11(17(19)20)5-6-13(12)15/h2-8H,1H3,(H,16,18). The van der Waals surface area contributed by atoms with Crippen molar-refractivity contribution in [3.05, 3.63) is 69.5 Å². The van der Waals surface area contributed by atoms with Gasteiger partial charge in [-0.15, -0.1) is 0 Å². The number of nitrogens with zero attached hydrogens (tertiary/aromatic N) is 1. The lowest BCUT2D eigenvalue weighted by Gasteiger charge is -2.06. The molecule has 2 rings (SSSR count). The Morgan fingerprint density at radius 2 is 2.00 bits per heavy atom. The predicted octanol–water partition coefficient (Wildman–Crippen LogP) is 3.29. The van der Waals surface area contributed by atoms with Crippen LogP contribution in [0.4, 0.5) is 15.8 Å². The van der Waals surface area contributed by atoms with Crippen molar-refractivity contribution < 1.29 is 14.1 Å². The monoisotopic (exact) mass is 274 g/mol. The van der Waals surface area contributed by atoms with Crippen LogP contribution in [0.2, 0.25) is 0 Å². The Morgan fingerprint density at radius 3 is 2.65 bits per heavy atom. The second-order valence-electron chi connectivity index (χ2n) is 4.24. The average molecular weight is 274 g/mol. The zero-order valence-electron chi connectivity index (χ0n) is 10.6. The lowest BCUT2D eigenvalue weighted by molar-refractivity contribution is -0.384. The lowest BCUT2D eigenvalue weighted by atomic mass is 10.1. The van der Waals surface area contributed by atoms with E-state index in [9.17, 15) is 19.3 Å². The summed E-state index contributed by atoms with van der Waals surface area (Å²) in [6.07, 6.45) is 0. The van der Waals surface area contributed by atoms with Crippen LogP contribution in [0, 0.1) is 22.9 Å². The minimum atomic E-state index is -0.805. The molecule has 2 aromatic carbocycles. The van der Waals surface area contributed by atoms with Crippen molar-refractivity contribution in [1.29, 1.82) is 0 Å². The van der Waals surface area contributed by atoms with Crippen LogP contribution in [0.25, 0.3) is 0 Å².